The first-order valence-corrected chi connectivity index (χ1v) is 6.47. The van der Waals surface area contributed by atoms with Crippen molar-refractivity contribution in [2.45, 2.75) is 39.7 Å². The van der Waals surface area contributed by atoms with Crippen LogP contribution >= 0.6 is 0 Å². The Labute approximate surface area is 114 Å². The topological polar surface area (TPSA) is 77.8 Å². The standard InChI is InChI=1S/C14H20N4O/c1-4-10(2)17-13(19)7-8-16-14-12(9-15)6-5-11(3)18-14/h5-6,10H,4,7-8H2,1-3H3,(H,16,18)(H,17,19). The van der Waals surface area contributed by atoms with Gasteiger partial charge in [0.2, 0.25) is 5.91 Å². The van der Waals surface area contributed by atoms with Crippen LogP contribution in [0.5, 0.6) is 0 Å². The van der Waals surface area contributed by atoms with E-state index in [9.17, 15) is 4.79 Å². The Balaban J connectivity index is 2.47. The summed E-state index contributed by atoms with van der Waals surface area (Å²) in [5, 5.41) is 14.9. The van der Waals surface area contributed by atoms with Gasteiger partial charge in [-0.3, -0.25) is 4.79 Å². The zero-order chi connectivity index (χ0) is 14.3. The van der Waals surface area contributed by atoms with E-state index in [1.807, 2.05) is 20.8 Å². The number of aryl methyl sites for hydroxylation is 1. The second kappa shape index (κ2) is 7.37. The Kier molecular flexibility index (Phi) is 5.80. The number of rotatable bonds is 6. The highest BCUT2D eigenvalue weighted by molar-refractivity contribution is 5.76. The average molecular weight is 260 g/mol. The molecule has 19 heavy (non-hydrogen) atoms. The number of carbonyl (C=O) groups is 1. The van der Waals surface area contributed by atoms with Crippen LogP contribution in [0.25, 0.3) is 0 Å². The Bertz CT molecular complexity index is 479. The number of carbonyl (C=O) groups excluding carboxylic acids is 1. The van der Waals surface area contributed by atoms with E-state index >= 15 is 0 Å². The predicted molar refractivity (Wildman–Crippen MR) is 74.7 cm³/mol. The lowest BCUT2D eigenvalue weighted by Crippen LogP contribution is -2.33. The molecule has 0 aromatic carbocycles. The summed E-state index contributed by atoms with van der Waals surface area (Å²) in [5.41, 5.74) is 1.33. The summed E-state index contributed by atoms with van der Waals surface area (Å²) in [6, 6.07) is 5.79. The Morgan fingerprint density at radius 1 is 1.53 bits per heavy atom. The molecule has 1 rings (SSSR count). The Morgan fingerprint density at radius 2 is 2.26 bits per heavy atom. The molecular formula is C14H20N4O. The van der Waals surface area contributed by atoms with Crippen molar-refractivity contribution in [3.63, 3.8) is 0 Å². The highest BCUT2D eigenvalue weighted by Crippen LogP contribution is 2.11. The Morgan fingerprint density at radius 3 is 2.89 bits per heavy atom. The summed E-state index contributed by atoms with van der Waals surface area (Å²) in [6.07, 6.45) is 1.28. The van der Waals surface area contributed by atoms with Gasteiger partial charge >= 0.3 is 0 Å². The van der Waals surface area contributed by atoms with E-state index in [0.717, 1.165) is 12.1 Å². The predicted octanol–water partition coefficient (Wildman–Crippen LogP) is 1.98. The van der Waals surface area contributed by atoms with Gasteiger partial charge in [0.1, 0.15) is 11.9 Å². The first-order valence-electron chi connectivity index (χ1n) is 6.47. The minimum absolute atomic E-state index is 0.00742. The van der Waals surface area contributed by atoms with Gasteiger partial charge in [-0.15, -0.1) is 0 Å². The van der Waals surface area contributed by atoms with Crippen molar-refractivity contribution in [1.29, 1.82) is 5.26 Å². The van der Waals surface area contributed by atoms with Gasteiger partial charge in [-0.05, 0) is 32.4 Å². The van der Waals surface area contributed by atoms with E-state index in [4.69, 9.17) is 5.26 Å². The molecule has 1 heterocycles. The van der Waals surface area contributed by atoms with Crippen LogP contribution in [-0.4, -0.2) is 23.5 Å². The lowest BCUT2D eigenvalue weighted by Gasteiger charge is -2.12. The fourth-order valence-corrected chi connectivity index (χ4v) is 1.53. The zero-order valence-electron chi connectivity index (χ0n) is 11.7. The zero-order valence-corrected chi connectivity index (χ0v) is 11.7. The third-order valence-electron chi connectivity index (χ3n) is 2.82. The number of hydrogen-bond acceptors (Lipinski definition) is 4. The SMILES string of the molecule is CCC(C)NC(=O)CCNc1nc(C)ccc1C#N. The molecule has 1 amide bonds. The summed E-state index contributed by atoms with van der Waals surface area (Å²) in [4.78, 5) is 15.8. The summed E-state index contributed by atoms with van der Waals surface area (Å²) >= 11 is 0. The van der Waals surface area contributed by atoms with E-state index < -0.39 is 0 Å². The maximum Gasteiger partial charge on any atom is 0.221 e. The number of aromatic nitrogens is 1. The molecule has 0 aliphatic heterocycles. The van der Waals surface area contributed by atoms with Gasteiger partial charge in [0.05, 0.1) is 5.56 Å². The fourth-order valence-electron chi connectivity index (χ4n) is 1.53. The smallest absolute Gasteiger partial charge is 0.221 e. The van der Waals surface area contributed by atoms with Gasteiger partial charge in [0, 0.05) is 24.7 Å². The van der Waals surface area contributed by atoms with Crippen LogP contribution in [0.3, 0.4) is 0 Å². The minimum Gasteiger partial charge on any atom is -0.368 e. The lowest BCUT2D eigenvalue weighted by molar-refractivity contribution is -0.121. The van der Waals surface area contributed by atoms with Crippen LogP contribution in [0.15, 0.2) is 12.1 Å². The van der Waals surface area contributed by atoms with Crippen molar-refractivity contribution in [3.8, 4) is 6.07 Å². The maximum absolute atomic E-state index is 11.6. The van der Waals surface area contributed by atoms with E-state index in [0.29, 0.717) is 24.3 Å². The maximum atomic E-state index is 11.6. The highest BCUT2D eigenvalue weighted by atomic mass is 16.1. The number of nitrogens with one attached hydrogen (secondary N) is 2. The summed E-state index contributed by atoms with van der Waals surface area (Å²) < 4.78 is 0. The number of nitrogens with zero attached hydrogens (tertiary/aromatic N) is 2. The van der Waals surface area contributed by atoms with Crippen LogP contribution < -0.4 is 10.6 Å². The minimum atomic E-state index is 0.00742. The second-order valence-electron chi connectivity index (χ2n) is 4.51. The van der Waals surface area contributed by atoms with Crippen molar-refractivity contribution in [3.05, 3.63) is 23.4 Å². The largest absolute Gasteiger partial charge is 0.368 e. The van der Waals surface area contributed by atoms with Crippen molar-refractivity contribution < 1.29 is 4.79 Å². The van der Waals surface area contributed by atoms with E-state index in [-0.39, 0.29) is 11.9 Å². The number of anilines is 1. The number of pyridine rings is 1. The molecule has 1 unspecified atom stereocenters. The summed E-state index contributed by atoms with van der Waals surface area (Å²) in [5.74, 6) is 0.548. The first-order chi connectivity index (χ1) is 9.06. The van der Waals surface area contributed by atoms with Gasteiger partial charge < -0.3 is 10.6 Å². The van der Waals surface area contributed by atoms with Crippen molar-refractivity contribution in [2.24, 2.45) is 0 Å². The van der Waals surface area contributed by atoms with E-state index in [1.165, 1.54) is 0 Å². The quantitative estimate of drug-likeness (QED) is 0.819. The summed E-state index contributed by atoms with van der Waals surface area (Å²) in [6.45, 7) is 6.33. The molecule has 0 saturated carbocycles. The van der Waals surface area contributed by atoms with Crippen molar-refractivity contribution in [2.75, 3.05) is 11.9 Å². The number of hydrogen-bond donors (Lipinski definition) is 2. The molecule has 0 radical (unpaired) electrons. The molecule has 5 heteroatoms. The van der Waals surface area contributed by atoms with Crippen LogP contribution in [0.2, 0.25) is 0 Å². The van der Waals surface area contributed by atoms with Gasteiger partial charge in [-0.2, -0.15) is 5.26 Å². The average Bonchev–Trinajstić information content (AvgIpc) is 2.38. The van der Waals surface area contributed by atoms with Crippen molar-refractivity contribution >= 4 is 11.7 Å². The number of amides is 1. The normalized spacial score (nSPS) is 11.5. The van der Waals surface area contributed by atoms with E-state index in [1.54, 1.807) is 12.1 Å². The number of nitriles is 1. The molecule has 1 aromatic rings. The van der Waals surface area contributed by atoms with Gasteiger partial charge in [0.15, 0.2) is 0 Å². The van der Waals surface area contributed by atoms with Gasteiger partial charge in [0.25, 0.3) is 0 Å². The molecule has 0 saturated heterocycles. The molecule has 5 nitrogen and oxygen atoms in total. The van der Waals surface area contributed by atoms with Crippen LogP contribution in [-0.2, 0) is 4.79 Å². The monoisotopic (exact) mass is 260 g/mol. The third-order valence-corrected chi connectivity index (χ3v) is 2.82. The Hall–Kier alpha value is -2.09. The van der Waals surface area contributed by atoms with Gasteiger partial charge in [-0.1, -0.05) is 6.92 Å². The lowest BCUT2D eigenvalue weighted by atomic mass is 10.2. The first kappa shape index (κ1) is 15.0. The second-order valence-corrected chi connectivity index (χ2v) is 4.51. The highest BCUT2D eigenvalue weighted by Gasteiger charge is 2.07. The fraction of sp³-hybridized carbons (Fsp3) is 0.500. The molecule has 2 N–H and O–H groups in total. The molecule has 0 aliphatic carbocycles. The molecule has 0 aliphatic rings. The van der Waals surface area contributed by atoms with E-state index in [2.05, 4.69) is 21.7 Å². The molecule has 1 aromatic heterocycles. The molecule has 102 valence electrons. The molecule has 0 bridgehead atoms. The third kappa shape index (κ3) is 4.96. The van der Waals surface area contributed by atoms with Crippen LogP contribution in [0.1, 0.15) is 37.9 Å². The van der Waals surface area contributed by atoms with Crippen LogP contribution in [0, 0.1) is 18.3 Å². The van der Waals surface area contributed by atoms with Gasteiger partial charge in [-0.25, -0.2) is 4.98 Å². The summed E-state index contributed by atoms with van der Waals surface area (Å²) in [7, 11) is 0. The van der Waals surface area contributed by atoms with Crippen LogP contribution in [0.4, 0.5) is 5.82 Å². The molecular weight excluding hydrogens is 240 g/mol. The molecule has 1 atom stereocenters. The van der Waals surface area contributed by atoms with Crippen molar-refractivity contribution in [1.82, 2.24) is 10.3 Å². The molecule has 0 spiro atoms. The molecule has 0 fully saturated rings.